The van der Waals surface area contributed by atoms with Crippen LogP contribution in [0.1, 0.15) is 32.8 Å². The fraction of sp³-hybridized carbons (Fsp3) is 0.423. The maximum atomic E-state index is 14.4. The highest BCUT2D eigenvalue weighted by Crippen LogP contribution is 2.35. The summed E-state index contributed by atoms with van der Waals surface area (Å²) in [6, 6.07) is 12.9. The van der Waals surface area contributed by atoms with Crippen LogP contribution in [0.4, 0.5) is 8.78 Å². The Morgan fingerprint density at radius 2 is 1.85 bits per heavy atom. The third kappa shape index (κ3) is 6.85. The van der Waals surface area contributed by atoms with E-state index >= 15 is 0 Å². The first kappa shape index (κ1) is 25.8. The molecule has 0 saturated carbocycles. The summed E-state index contributed by atoms with van der Waals surface area (Å²) in [5, 5.41) is 15.2. The molecule has 0 bridgehead atoms. The molecule has 2 aromatic carbocycles. The molecule has 0 spiro atoms. The van der Waals surface area contributed by atoms with Gasteiger partial charge in [-0.2, -0.15) is 5.10 Å². The number of hydrogen-bond acceptors (Lipinski definition) is 5. The van der Waals surface area contributed by atoms with Crippen molar-refractivity contribution in [2.45, 2.75) is 45.9 Å². The van der Waals surface area contributed by atoms with Crippen LogP contribution in [0.3, 0.4) is 0 Å². The summed E-state index contributed by atoms with van der Waals surface area (Å²) in [6.07, 6.45) is 0.245. The summed E-state index contributed by atoms with van der Waals surface area (Å²) >= 11 is 0. The molecule has 1 heterocycles. The molecular weight excluding hydrogens is 440 g/mol. The zero-order valence-electron chi connectivity index (χ0n) is 20.2. The Labute approximate surface area is 199 Å². The zero-order valence-corrected chi connectivity index (χ0v) is 20.2. The van der Waals surface area contributed by atoms with E-state index in [9.17, 15) is 13.9 Å². The van der Waals surface area contributed by atoms with E-state index in [0.717, 1.165) is 36.2 Å². The van der Waals surface area contributed by atoms with E-state index in [4.69, 9.17) is 9.47 Å². The lowest BCUT2D eigenvalue weighted by molar-refractivity contribution is -0.00954. The summed E-state index contributed by atoms with van der Waals surface area (Å²) in [4.78, 5) is 2.10. The van der Waals surface area contributed by atoms with Gasteiger partial charge in [-0.3, -0.25) is 4.90 Å². The Kier molecular flexibility index (Phi) is 9.15. The topological polar surface area (TPSA) is 59.8 Å². The van der Waals surface area contributed by atoms with Crippen molar-refractivity contribution in [3.63, 3.8) is 0 Å². The first-order valence-corrected chi connectivity index (χ1v) is 11.5. The molecule has 8 heteroatoms. The number of rotatable bonds is 12. The molecule has 3 aromatic rings. The van der Waals surface area contributed by atoms with Crippen molar-refractivity contribution in [3.05, 3.63) is 65.7 Å². The zero-order chi connectivity index (χ0) is 24.7. The van der Waals surface area contributed by atoms with Crippen molar-refractivity contribution in [2.75, 3.05) is 19.7 Å². The van der Waals surface area contributed by atoms with Crippen molar-refractivity contribution in [3.8, 4) is 22.9 Å². The maximum absolute atomic E-state index is 14.4. The predicted octanol–water partition coefficient (Wildman–Crippen LogP) is 5.16. The quantitative estimate of drug-likeness (QED) is 0.394. The van der Waals surface area contributed by atoms with Crippen LogP contribution < -0.4 is 4.74 Å². The minimum absolute atomic E-state index is 0.0305. The van der Waals surface area contributed by atoms with Crippen LogP contribution in [-0.4, -0.2) is 51.7 Å². The van der Waals surface area contributed by atoms with Crippen molar-refractivity contribution < 1.29 is 23.4 Å². The van der Waals surface area contributed by atoms with Gasteiger partial charge in [0.15, 0.2) is 11.6 Å². The molecule has 34 heavy (non-hydrogen) atoms. The number of aryl methyl sites for hydroxylation is 1. The van der Waals surface area contributed by atoms with Gasteiger partial charge in [-0.1, -0.05) is 37.3 Å². The lowest BCUT2D eigenvalue weighted by atomic mass is 10.1. The highest BCUT2D eigenvalue weighted by atomic mass is 19.1. The minimum atomic E-state index is -0.792. The lowest BCUT2D eigenvalue weighted by Gasteiger charge is -2.25. The van der Waals surface area contributed by atoms with Crippen molar-refractivity contribution in [1.29, 1.82) is 0 Å². The molecule has 0 aliphatic heterocycles. The summed E-state index contributed by atoms with van der Waals surface area (Å²) in [5.41, 5.74) is 2.35. The first-order chi connectivity index (χ1) is 16.3. The molecule has 1 atom stereocenters. The van der Waals surface area contributed by atoms with E-state index in [1.54, 1.807) is 11.7 Å². The Morgan fingerprint density at radius 1 is 1.12 bits per heavy atom. The Bertz CT molecular complexity index is 1060. The first-order valence-electron chi connectivity index (χ1n) is 11.5. The average Bonchev–Trinajstić information content (AvgIpc) is 3.10. The van der Waals surface area contributed by atoms with Gasteiger partial charge in [0.2, 0.25) is 5.88 Å². The Morgan fingerprint density at radius 3 is 2.50 bits per heavy atom. The molecule has 0 amide bonds. The number of aliphatic hydroxyl groups is 1. The van der Waals surface area contributed by atoms with E-state index in [1.165, 1.54) is 6.07 Å². The SMILES string of the molecule is CCCN(Cc1c(-c2ccccc2)nn(C)c1Oc1ccc(F)cc1F)C[C@@H](O)COC(C)C. The van der Waals surface area contributed by atoms with Crippen LogP contribution in [0.15, 0.2) is 48.5 Å². The minimum Gasteiger partial charge on any atom is -0.436 e. The van der Waals surface area contributed by atoms with Crippen LogP contribution in [0.5, 0.6) is 11.6 Å². The molecule has 0 fully saturated rings. The number of ether oxygens (including phenoxy) is 2. The van der Waals surface area contributed by atoms with E-state index < -0.39 is 17.7 Å². The molecule has 0 unspecified atom stereocenters. The molecule has 0 saturated heterocycles. The summed E-state index contributed by atoms with van der Waals surface area (Å²) < 4.78 is 40.8. The van der Waals surface area contributed by atoms with Gasteiger partial charge < -0.3 is 14.6 Å². The number of benzene rings is 2. The fourth-order valence-electron chi connectivity index (χ4n) is 3.74. The summed E-state index contributed by atoms with van der Waals surface area (Å²) in [7, 11) is 1.72. The largest absolute Gasteiger partial charge is 0.436 e. The van der Waals surface area contributed by atoms with Crippen LogP contribution >= 0.6 is 0 Å². The molecule has 0 radical (unpaired) electrons. The van der Waals surface area contributed by atoms with Crippen LogP contribution in [0.25, 0.3) is 11.3 Å². The average molecular weight is 474 g/mol. The molecule has 184 valence electrons. The second-order valence-corrected chi connectivity index (χ2v) is 8.57. The molecule has 1 aromatic heterocycles. The van der Waals surface area contributed by atoms with Gasteiger partial charge in [-0.05, 0) is 38.9 Å². The van der Waals surface area contributed by atoms with Gasteiger partial charge in [0, 0.05) is 31.8 Å². The third-order valence-corrected chi connectivity index (χ3v) is 5.25. The van der Waals surface area contributed by atoms with Gasteiger partial charge >= 0.3 is 0 Å². The van der Waals surface area contributed by atoms with Gasteiger partial charge in [-0.25, -0.2) is 13.5 Å². The third-order valence-electron chi connectivity index (χ3n) is 5.25. The monoisotopic (exact) mass is 473 g/mol. The van der Waals surface area contributed by atoms with E-state index in [1.807, 2.05) is 44.2 Å². The number of aromatic nitrogens is 2. The van der Waals surface area contributed by atoms with Crippen molar-refractivity contribution >= 4 is 0 Å². The molecule has 0 aliphatic carbocycles. The maximum Gasteiger partial charge on any atom is 0.222 e. The van der Waals surface area contributed by atoms with E-state index in [-0.39, 0.29) is 18.5 Å². The van der Waals surface area contributed by atoms with E-state index in [0.29, 0.717) is 24.7 Å². The standard InChI is InChI=1S/C26H33F2N3O3/c1-5-13-31(15-21(32)17-33-18(2)3)16-22-25(19-9-7-6-8-10-19)29-30(4)26(22)34-24-12-11-20(27)14-23(24)28/h6-12,14,18,21,32H,5,13,15-17H2,1-4H3/t21-/m1/s1. The molecular formula is C26H33F2N3O3. The highest BCUT2D eigenvalue weighted by molar-refractivity contribution is 5.65. The van der Waals surface area contributed by atoms with Gasteiger partial charge in [0.1, 0.15) is 11.5 Å². The molecule has 0 aliphatic rings. The van der Waals surface area contributed by atoms with Crippen molar-refractivity contribution in [2.24, 2.45) is 7.05 Å². The normalized spacial score (nSPS) is 12.5. The van der Waals surface area contributed by atoms with Crippen LogP contribution in [-0.2, 0) is 18.3 Å². The number of hydrogen-bond donors (Lipinski definition) is 1. The summed E-state index contributed by atoms with van der Waals surface area (Å²) in [5.74, 6) is -1.19. The number of nitrogens with zero attached hydrogens (tertiary/aromatic N) is 3. The van der Waals surface area contributed by atoms with Crippen LogP contribution in [0, 0.1) is 11.6 Å². The fourth-order valence-corrected chi connectivity index (χ4v) is 3.74. The van der Waals surface area contributed by atoms with Crippen LogP contribution in [0.2, 0.25) is 0 Å². The molecule has 3 rings (SSSR count). The second kappa shape index (κ2) is 12.1. The number of halogens is 2. The second-order valence-electron chi connectivity index (χ2n) is 8.57. The number of aliphatic hydroxyl groups excluding tert-OH is 1. The Balaban J connectivity index is 1.96. The highest BCUT2D eigenvalue weighted by Gasteiger charge is 2.24. The van der Waals surface area contributed by atoms with Gasteiger partial charge in [0.05, 0.1) is 24.4 Å². The predicted molar refractivity (Wildman–Crippen MR) is 128 cm³/mol. The smallest absolute Gasteiger partial charge is 0.222 e. The van der Waals surface area contributed by atoms with Gasteiger partial charge in [-0.15, -0.1) is 0 Å². The van der Waals surface area contributed by atoms with Gasteiger partial charge in [0.25, 0.3) is 0 Å². The Hall–Kier alpha value is -2.81. The molecule has 1 N–H and O–H groups in total. The summed E-state index contributed by atoms with van der Waals surface area (Å²) in [6.45, 7) is 7.70. The molecule has 6 nitrogen and oxygen atoms in total. The van der Waals surface area contributed by atoms with Crippen molar-refractivity contribution in [1.82, 2.24) is 14.7 Å². The lowest BCUT2D eigenvalue weighted by Crippen LogP contribution is -2.35. The van der Waals surface area contributed by atoms with E-state index in [2.05, 4.69) is 16.9 Å².